The van der Waals surface area contributed by atoms with Crippen LogP contribution in [0.25, 0.3) is 22.2 Å². The number of pyridine rings is 1. The number of aromatic nitrogens is 3. The monoisotopic (exact) mass is 445 g/mol. The van der Waals surface area contributed by atoms with Crippen molar-refractivity contribution >= 4 is 29.1 Å². The largest absolute Gasteiger partial charge is 0.369 e. The summed E-state index contributed by atoms with van der Waals surface area (Å²) in [7, 11) is 3.90. The van der Waals surface area contributed by atoms with Gasteiger partial charge in [0.25, 0.3) is 5.56 Å². The van der Waals surface area contributed by atoms with Gasteiger partial charge in [-0.05, 0) is 44.3 Å². The summed E-state index contributed by atoms with van der Waals surface area (Å²) in [4.78, 5) is 33.7. The first-order valence-corrected chi connectivity index (χ1v) is 11.6. The highest BCUT2D eigenvalue weighted by Crippen LogP contribution is 2.31. The Morgan fingerprint density at radius 3 is 2.55 bits per heavy atom. The zero-order valence-corrected chi connectivity index (χ0v) is 19.4. The van der Waals surface area contributed by atoms with Gasteiger partial charge in [0.2, 0.25) is 0 Å². The molecule has 0 aliphatic carbocycles. The molecule has 0 amide bonds. The van der Waals surface area contributed by atoms with Crippen LogP contribution in [0.3, 0.4) is 0 Å². The van der Waals surface area contributed by atoms with Crippen molar-refractivity contribution in [1.29, 1.82) is 0 Å². The Kier molecular flexibility index (Phi) is 5.85. The lowest BCUT2D eigenvalue weighted by atomic mass is 10.1. The molecule has 8 heteroatoms. The van der Waals surface area contributed by atoms with E-state index in [0.29, 0.717) is 16.8 Å². The number of anilines is 2. The molecular weight excluding hydrogens is 414 g/mol. The molecule has 8 nitrogen and oxygen atoms in total. The van der Waals surface area contributed by atoms with E-state index in [4.69, 9.17) is 4.98 Å². The van der Waals surface area contributed by atoms with Crippen LogP contribution in [0.15, 0.2) is 46.4 Å². The SMILES string of the molecule is C=NC[C@H]1CCN(c2nc(-c3ccc(N4CCN(C)CC4)cc3)cc3ncn(C)c(=O)c23)C1. The van der Waals surface area contributed by atoms with Gasteiger partial charge in [-0.2, -0.15) is 0 Å². The molecule has 0 unspecified atom stereocenters. The highest BCUT2D eigenvalue weighted by molar-refractivity contribution is 5.92. The number of benzene rings is 1. The summed E-state index contributed by atoms with van der Waals surface area (Å²) in [5.41, 5.74) is 3.73. The van der Waals surface area contributed by atoms with Crippen LogP contribution in [0.2, 0.25) is 0 Å². The second kappa shape index (κ2) is 8.94. The molecule has 2 fully saturated rings. The average Bonchev–Trinajstić information content (AvgIpc) is 3.30. The molecule has 2 saturated heterocycles. The minimum absolute atomic E-state index is 0.0650. The molecule has 0 saturated carbocycles. The molecule has 2 aliphatic heterocycles. The molecule has 33 heavy (non-hydrogen) atoms. The van der Waals surface area contributed by atoms with E-state index in [-0.39, 0.29) is 5.56 Å². The van der Waals surface area contributed by atoms with E-state index in [2.05, 4.69) is 62.7 Å². The number of piperazine rings is 1. The lowest BCUT2D eigenvalue weighted by Crippen LogP contribution is -2.44. The van der Waals surface area contributed by atoms with Crippen LogP contribution in [0.4, 0.5) is 11.5 Å². The van der Waals surface area contributed by atoms with E-state index >= 15 is 0 Å². The fourth-order valence-electron chi connectivity index (χ4n) is 4.84. The van der Waals surface area contributed by atoms with E-state index in [1.165, 1.54) is 10.3 Å². The molecule has 2 aliphatic rings. The number of hydrogen-bond acceptors (Lipinski definition) is 7. The third-order valence-corrected chi connectivity index (χ3v) is 6.89. The number of likely N-dealkylation sites (N-methyl/N-ethyl adjacent to an activating group) is 1. The Bertz CT molecular complexity index is 1210. The molecule has 1 aromatic carbocycles. The van der Waals surface area contributed by atoms with Crippen molar-refractivity contribution in [1.82, 2.24) is 19.4 Å². The van der Waals surface area contributed by atoms with E-state index < -0.39 is 0 Å². The Morgan fingerprint density at radius 1 is 1.06 bits per heavy atom. The first-order chi connectivity index (χ1) is 16.0. The molecule has 3 aromatic rings. The fraction of sp³-hybridized carbons (Fsp3) is 0.440. The van der Waals surface area contributed by atoms with Crippen molar-refractivity contribution in [2.24, 2.45) is 18.0 Å². The molecule has 0 bridgehead atoms. The number of aliphatic imine (C=N–C) groups is 1. The maximum absolute atomic E-state index is 13.0. The molecule has 1 atom stereocenters. The van der Waals surface area contributed by atoms with Crippen molar-refractivity contribution in [2.45, 2.75) is 6.42 Å². The Morgan fingerprint density at radius 2 is 1.82 bits per heavy atom. The normalized spacial score (nSPS) is 19.4. The van der Waals surface area contributed by atoms with Crippen molar-refractivity contribution < 1.29 is 0 Å². The third kappa shape index (κ3) is 4.23. The van der Waals surface area contributed by atoms with Crippen LogP contribution >= 0.6 is 0 Å². The van der Waals surface area contributed by atoms with Crippen molar-refractivity contribution in [2.75, 3.05) is 62.7 Å². The van der Waals surface area contributed by atoms with E-state index in [1.54, 1.807) is 13.4 Å². The van der Waals surface area contributed by atoms with E-state index in [0.717, 1.165) is 69.3 Å². The minimum atomic E-state index is -0.0650. The lowest BCUT2D eigenvalue weighted by molar-refractivity contribution is 0.313. The second-order valence-corrected chi connectivity index (χ2v) is 9.23. The summed E-state index contributed by atoms with van der Waals surface area (Å²) in [5, 5.41) is 0.588. The maximum atomic E-state index is 13.0. The van der Waals surface area contributed by atoms with Gasteiger partial charge in [-0.15, -0.1) is 0 Å². The van der Waals surface area contributed by atoms with Gasteiger partial charge in [-0.25, -0.2) is 9.97 Å². The van der Waals surface area contributed by atoms with Gasteiger partial charge >= 0.3 is 0 Å². The van der Waals surface area contributed by atoms with Crippen LogP contribution in [0, 0.1) is 5.92 Å². The fourth-order valence-corrected chi connectivity index (χ4v) is 4.84. The minimum Gasteiger partial charge on any atom is -0.369 e. The molecule has 5 rings (SSSR count). The predicted molar refractivity (Wildman–Crippen MR) is 135 cm³/mol. The van der Waals surface area contributed by atoms with Crippen molar-refractivity contribution in [3.8, 4) is 11.3 Å². The van der Waals surface area contributed by atoms with Crippen LogP contribution in [0.5, 0.6) is 0 Å². The Hall–Kier alpha value is -3.26. The van der Waals surface area contributed by atoms with Gasteiger partial charge in [-0.1, -0.05) is 12.1 Å². The summed E-state index contributed by atoms with van der Waals surface area (Å²) in [6.45, 7) is 10.3. The molecule has 0 N–H and O–H groups in total. The zero-order valence-electron chi connectivity index (χ0n) is 19.4. The van der Waals surface area contributed by atoms with Crippen LogP contribution < -0.4 is 15.4 Å². The summed E-state index contributed by atoms with van der Waals surface area (Å²) >= 11 is 0. The molecule has 4 heterocycles. The summed E-state index contributed by atoms with van der Waals surface area (Å²) in [5.74, 6) is 1.16. The highest BCUT2D eigenvalue weighted by Gasteiger charge is 2.26. The predicted octanol–water partition coefficient (Wildman–Crippen LogP) is 2.27. The van der Waals surface area contributed by atoms with E-state index in [9.17, 15) is 4.79 Å². The van der Waals surface area contributed by atoms with Crippen LogP contribution in [0.1, 0.15) is 6.42 Å². The van der Waals surface area contributed by atoms with Crippen molar-refractivity contribution in [3.63, 3.8) is 0 Å². The smallest absolute Gasteiger partial charge is 0.264 e. The van der Waals surface area contributed by atoms with Gasteiger partial charge in [-0.3, -0.25) is 4.79 Å². The highest BCUT2D eigenvalue weighted by atomic mass is 16.1. The van der Waals surface area contributed by atoms with Gasteiger partial charge in [0.1, 0.15) is 11.2 Å². The van der Waals surface area contributed by atoms with Gasteiger partial charge < -0.3 is 24.3 Å². The number of rotatable bonds is 5. The van der Waals surface area contributed by atoms with Gasteiger partial charge in [0.05, 0.1) is 17.5 Å². The van der Waals surface area contributed by atoms with Gasteiger partial charge in [0, 0.05) is 64.1 Å². The number of hydrogen-bond donors (Lipinski definition) is 0. The third-order valence-electron chi connectivity index (χ3n) is 6.89. The first-order valence-electron chi connectivity index (χ1n) is 11.6. The number of aryl methyl sites for hydroxylation is 1. The first kappa shape index (κ1) is 21.6. The van der Waals surface area contributed by atoms with Gasteiger partial charge in [0.15, 0.2) is 0 Å². The topological polar surface area (TPSA) is 69.9 Å². The molecule has 2 aromatic heterocycles. The number of nitrogens with zero attached hydrogens (tertiary/aromatic N) is 7. The van der Waals surface area contributed by atoms with Crippen molar-refractivity contribution in [3.05, 3.63) is 47.0 Å². The number of fused-ring (bicyclic) bond motifs is 1. The summed E-state index contributed by atoms with van der Waals surface area (Å²) < 4.78 is 1.52. The maximum Gasteiger partial charge on any atom is 0.264 e. The Labute approximate surface area is 194 Å². The second-order valence-electron chi connectivity index (χ2n) is 9.23. The lowest BCUT2D eigenvalue weighted by Gasteiger charge is -2.34. The quantitative estimate of drug-likeness (QED) is 0.561. The van der Waals surface area contributed by atoms with Crippen LogP contribution in [-0.2, 0) is 7.05 Å². The molecule has 172 valence electrons. The Balaban J connectivity index is 1.52. The summed E-state index contributed by atoms with van der Waals surface area (Å²) in [6.07, 6.45) is 2.61. The molecule has 0 radical (unpaired) electrons. The standard InChI is InChI=1S/C25H31N7O/c1-26-15-18-8-9-32(16-18)24-23-22(27-17-30(3)25(23)33)14-21(28-24)19-4-6-20(7-5-19)31-12-10-29(2)11-13-31/h4-7,14,17-18H,1,8-13,15-16H2,2-3H3/t18-/m1/s1. The average molecular weight is 446 g/mol. The zero-order chi connectivity index (χ0) is 22.9. The molecule has 0 spiro atoms. The molecular formula is C25H31N7O. The summed E-state index contributed by atoms with van der Waals surface area (Å²) in [6, 6.07) is 10.5. The van der Waals surface area contributed by atoms with E-state index in [1.807, 2.05) is 6.07 Å². The van der Waals surface area contributed by atoms with Crippen LogP contribution in [-0.4, -0.2) is 79.0 Å².